The molecule has 0 aliphatic carbocycles. The van der Waals surface area contributed by atoms with Crippen molar-refractivity contribution in [3.8, 4) is 34.3 Å². The molecule has 3 aromatic rings. The van der Waals surface area contributed by atoms with Gasteiger partial charge in [-0.05, 0) is 31.2 Å². The van der Waals surface area contributed by atoms with Gasteiger partial charge in [0.1, 0.15) is 40.8 Å². The summed E-state index contributed by atoms with van der Waals surface area (Å²) in [6, 6.07) is 8.46. The molecule has 1 saturated heterocycles. The number of fused-ring (bicyclic) bond motifs is 1. The van der Waals surface area contributed by atoms with Gasteiger partial charge in [0.15, 0.2) is 16.9 Å². The zero-order chi connectivity index (χ0) is 23.2. The van der Waals surface area contributed by atoms with Gasteiger partial charge in [0.2, 0.25) is 12.0 Å². The van der Waals surface area contributed by atoms with Crippen LogP contribution in [0, 0.1) is 0 Å². The highest BCUT2D eigenvalue weighted by molar-refractivity contribution is 5.89. The Morgan fingerprint density at radius 3 is 2.31 bits per heavy atom. The number of ether oxygens (including phenoxy) is 3. The molecule has 1 aliphatic heterocycles. The van der Waals surface area contributed by atoms with E-state index >= 15 is 0 Å². The predicted molar refractivity (Wildman–Crippen MR) is 111 cm³/mol. The largest absolute Gasteiger partial charge is 0.508 e. The summed E-state index contributed by atoms with van der Waals surface area (Å²) >= 11 is 0. The Balaban J connectivity index is 1.80. The van der Waals surface area contributed by atoms with E-state index in [1.54, 1.807) is 12.1 Å². The lowest BCUT2D eigenvalue weighted by Gasteiger charge is -2.39. The molecule has 170 valence electrons. The minimum absolute atomic E-state index is 0.0344. The van der Waals surface area contributed by atoms with Crippen LogP contribution < -0.4 is 14.9 Å². The van der Waals surface area contributed by atoms with Crippen LogP contribution in [-0.2, 0) is 4.74 Å². The molecular weight excluding hydrogens is 424 g/mol. The lowest BCUT2D eigenvalue weighted by Crippen LogP contribution is -2.58. The number of methoxy groups -OCH3 is 1. The molecule has 4 rings (SSSR count). The van der Waals surface area contributed by atoms with Crippen molar-refractivity contribution in [3.63, 3.8) is 0 Å². The van der Waals surface area contributed by atoms with E-state index in [1.165, 1.54) is 38.3 Å². The van der Waals surface area contributed by atoms with E-state index < -0.39 is 41.9 Å². The Labute approximate surface area is 181 Å². The number of hydrogen-bond acceptors (Lipinski definition) is 10. The van der Waals surface area contributed by atoms with Crippen molar-refractivity contribution in [2.75, 3.05) is 7.11 Å². The van der Waals surface area contributed by atoms with Crippen LogP contribution >= 0.6 is 0 Å². The van der Waals surface area contributed by atoms with Crippen LogP contribution in [0.3, 0.4) is 0 Å². The third-order valence-corrected chi connectivity index (χ3v) is 5.32. The number of aliphatic hydroxyl groups is 3. The van der Waals surface area contributed by atoms with E-state index in [1.807, 2.05) is 0 Å². The topological polar surface area (TPSA) is 159 Å². The van der Waals surface area contributed by atoms with E-state index in [0.29, 0.717) is 5.56 Å². The number of phenolic OH excluding ortho intramolecular Hbond substituents is 2. The van der Waals surface area contributed by atoms with E-state index in [0.717, 1.165) is 0 Å². The van der Waals surface area contributed by atoms with Gasteiger partial charge in [0.25, 0.3) is 0 Å². The normalized spacial score (nSPS) is 25.6. The average Bonchev–Trinajstić information content (AvgIpc) is 2.76. The molecule has 0 amide bonds. The van der Waals surface area contributed by atoms with Gasteiger partial charge in [-0.1, -0.05) is 0 Å². The molecule has 10 heteroatoms. The predicted octanol–water partition coefficient (Wildman–Crippen LogP) is 1.09. The highest BCUT2D eigenvalue weighted by Crippen LogP contribution is 2.43. The van der Waals surface area contributed by atoms with Gasteiger partial charge in [-0.25, -0.2) is 0 Å². The van der Waals surface area contributed by atoms with Crippen molar-refractivity contribution in [2.45, 2.75) is 37.6 Å². The fraction of sp³-hybridized carbons (Fsp3) is 0.318. The zero-order valence-corrected chi connectivity index (χ0v) is 17.1. The number of aliphatic hydroxyl groups excluding tert-OH is 3. The van der Waals surface area contributed by atoms with Gasteiger partial charge in [0, 0.05) is 17.7 Å². The molecule has 0 saturated carbocycles. The van der Waals surface area contributed by atoms with Crippen LogP contribution in [0.15, 0.2) is 45.6 Å². The van der Waals surface area contributed by atoms with Gasteiger partial charge in [-0.2, -0.15) is 0 Å². The van der Waals surface area contributed by atoms with Crippen molar-refractivity contribution >= 4 is 11.0 Å². The Bertz CT molecular complexity index is 1190. The van der Waals surface area contributed by atoms with Gasteiger partial charge < -0.3 is 44.2 Å². The van der Waals surface area contributed by atoms with Crippen LogP contribution in [0.2, 0.25) is 0 Å². The van der Waals surface area contributed by atoms with Crippen molar-refractivity contribution in [3.05, 3.63) is 46.6 Å². The Hall–Kier alpha value is -3.31. The molecule has 5 atom stereocenters. The van der Waals surface area contributed by atoms with Crippen molar-refractivity contribution in [1.82, 2.24) is 0 Å². The van der Waals surface area contributed by atoms with Crippen molar-refractivity contribution in [2.24, 2.45) is 0 Å². The molecule has 32 heavy (non-hydrogen) atoms. The molecule has 1 aliphatic rings. The lowest BCUT2D eigenvalue weighted by atomic mass is 10.00. The van der Waals surface area contributed by atoms with Crippen LogP contribution in [0.5, 0.6) is 23.0 Å². The maximum absolute atomic E-state index is 12.7. The summed E-state index contributed by atoms with van der Waals surface area (Å²) in [7, 11) is 1.25. The number of hydrogen-bond donors (Lipinski definition) is 5. The first kappa shape index (κ1) is 21.9. The van der Waals surface area contributed by atoms with Crippen molar-refractivity contribution < 1.29 is 44.2 Å². The number of benzene rings is 2. The van der Waals surface area contributed by atoms with Crippen molar-refractivity contribution in [1.29, 1.82) is 0 Å². The number of aromatic hydroxyl groups is 2. The number of rotatable bonds is 4. The summed E-state index contributed by atoms with van der Waals surface area (Å²) in [5.41, 5.74) is -0.0675. The van der Waals surface area contributed by atoms with Gasteiger partial charge in [0.05, 0.1) is 13.2 Å². The molecular formula is C22H22O10. The molecule has 10 nitrogen and oxygen atoms in total. The second kappa shape index (κ2) is 8.32. The second-order valence-electron chi connectivity index (χ2n) is 7.45. The SMILES string of the molecule is COc1c(O[C@@H]2O[C@H](C)[C@@H](O)[C@H](O)[C@H]2O)cc2oc(-c3ccc(O)cc3)cc(=O)c2c1O. The van der Waals surface area contributed by atoms with Gasteiger partial charge in [-0.15, -0.1) is 0 Å². The molecule has 5 N–H and O–H groups in total. The van der Waals surface area contributed by atoms with E-state index in [-0.39, 0.29) is 34.0 Å². The fourth-order valence-corrected chi connectivity index (χ4v) is 3.55. The van der Waals surface area contributed by atoms with Crippen LogP contribution in [-0.4, -0.2) is 63.3 Å². The van der Waals surface area contributed by atoms with E-state index in [9.17, 15) is 30.3 Å². The number of phenols is 2. The molecule has 0 radical (unpaired) electrons. The molecule has 1 aromatic heterocycles. The Kier molecular flexibility index (Phi) is 5.70. The molecule has 0 unspecified atom stereocenters. The quantitative estimate of drug-likeness (QED) is 0.393. The first-order chi connectivity index (χ1) is 15.2. The Morgan fingerprint density at radius 1 is 0.969 bits per heavy atom. The zero-order valence-electron chi connectivity index (χ0n) is 17.1. The average molecular weight is 446 g/mol. The highest BCUT2D eigenvalue weighted by atomic mass is 16.7. The second-order valence-corrected chi connectivity index (χ2v) is 7.45. The van der Waals surface area contributed by atoms with E-state index in [2.05, 4.69) is 0 Å². The first-order valence-electron chi connectivity index (χ1n) is 9.74. The summed E-state index contributed by atoms with van der Waals surface area (Å²) in [5.74, 6) is -0.638. The van der Waals surface area contributed by atoms with Crippen LogP contribution in [0.4, 0.5) is 0 Å². The highest BCUT2D eigenvalue weighted by Gasteiger charge is 2.43. The lowest BCUT2D eigenvalue weighted by molar-refractivity contribution is -0.268. The smallest absolute Gasteiger partial charge is 0.229 e. The summed E-state index contributed by atoms with van der Waals surface area (Å²) < 4.78 is 22.1. The summed E-state index contributed by atoms with van der Waals surface area (Å²) in [6.07, 6.45) is -6.69. The third-order valence-electron chi connectivity index (χ3n) is 5.32. The molecule has 1 fully saturated rings. The minimum atomic E-state index is -1.60. The van der Waals surface area contributed by atoms with Crippen LogP contribution in [0.25, 0.3) is 22.3 Å². The third kappa shape index (κ3) is 3.73. The molecule has 2 heterocycles. The van der Waals surface area contributed by atoms with Gasteiger partial charge >= 0.3 is 0 Å². The molecule has 2 aromatic carbocycles. The monoisotopic (exact) mass is 446 g/mol. The standard InChI is InChI=1S/C22H22O10/c1-9-17(25)19(27)20(28)22(30-9)32-15-8-14-16(18(26)21(15)29-2)12(24)7-13(31-14)10-3-5-11(23)6-4-10/h3-9,17,19-20,22-23,25-28H,1-2H3/t9-,17-,19+,20-,22+/m1/s1. The first-order valence-corrected chi connectivity index (χ1v) is 9.74. The van der Waals surface area contributed by atoms with Crippen LogP contribution in [0.1, 0.15) is 6.92 Å². The summed E-state index contributed by atoms with van der Waals surface area (Å²) in [4.78, 5) is 12.7. The minimum Gasteiger partial charge on any atom is -0.508 e. The fourth-order valence-electron chi connectivity index (χ4n) is 3.55. The Morgan fingerprint density at radius 2 is 1.66 bits per heavy atom. The summed E-state index contributed by atoms with van der Waals surface area (Å²) in [6.45, 7) is 1.49. The van der Waals surface area contributed by atoms with E-state index in [4.69, 9.17) is 18.6 Å². The maximum atomic E-state index is 12.7. The summed E-state index contributed by atoms with van der Waals surface area (Å²) in [5, 5.41) is 50.1. The maximum Gasteiger partial charge on any atom is 0.229 e. The molecule has 0 bridgehead atoms. The molecule has 0 spiro atoms. The van der Waals surface area contributed by atoms with Gasteiger partial charge in [-0.3, -0.25) is 4.79 Å².